The molecule has 0 bridgehead atoms. The number of benzene rings is 1. The second-order valence-corrected chi connectivity index (χ2v) is 6.98. The Hall–Kier alpha value is -2.55. The number of nitrogens with zero attached hydrogens (tertiary/aromatic N) is 2. The van der Waals surface area contributed by atoms with Crippen molar-refractivity contribution in [3.05, 3.63) is 36.0 Å². The maximum Gasteiger partial charge on any atom is 0.310 e. The third kappa shape index (κ3) is 3.14. The van der Waals surface area contributed by atoms with Crippen LogP contribution < -0.4 is 9.46 Å². The van der Waals surface area contributed by atoms with Gasteiger partial charge in [-0.15, -0.1) is 0 Å². The molecule has 0 saturated heterocycles. The summed E-state index contributed by atoms with van der Waals surface area (Å²) in [5.41, 5.74) is 0.563. The minimum absolute atomic E-state index is 0.0385. The van der Waals surface area contributed by atoms with Crippen molar-refractivity contribution in [1.82, 2.24) is 9.78 Å². The van der Waals surface area contributed by atoms with E-state index in [1.165, 1.54) is 16.8 Å². The van der Waals surface area contributed by atoms with Gasteiger partial charge in [0.2, 0.25) is 0 Å². The van der Waals surface area contributed by atoms with Crippen molar-refractivity contribution in [2.45, 2.75) is 11.3 Å². The minimum Gasteiger partial charge on any atom is -0.492 e. The Morgan fingerprint density at radius 2 is 2.22 bits per heavy atom. The van der Waals surface area contributed by atoms with Crippen LogP contribution in [0.5, 0.6) is 5.75 Å². The maximum absolute atomic E-state index is 12.4. The Bertz CT molecular complexity index is 859. The Morgan fingerprint density at radius 3 is 2.87 bits per heavy atom. The number of sulfonamides is 1. The van der Waals surface area contributed by atoms with Crippen LogP contribution >= 0.6 is 0 Å². The summed E-state index contributed by atoms with van der Waals surface area (Å²) in [4.78, 5) is 11.1. The number of hydrogen-bond donors (Lipinski definition) is 2. The highest BCUT2D eigenvalue weighted by Gasteiger charge is 2.27. The Balaban J connectivity index is 1.88. The smallest absolute Gasteiger partial charge is 0.310 e. The van der Waals surface area contributed by atoms with Crippen molar-refractivity contribution in [1.29, 1.82) is 0 Å². The van der Waals surface area contributed by atoms with Gasteiger partial charge in [-0.05, 0) is 30.2 Å². The largest absolute Gasteiger partial charge is 0.492 e. The molecule has 122 valence electrons. The van der Waals surface area contributed by atoms with Gasteiger partial charge in [0.15, 0.2) is 5.82 Å². The molecule has 2 heterocycles. The van der Waals surface area contributed by atoms with E-state index in [4.69, 9.17) is 9.84 Å². The van der Waals surface area contributed by atoms with E-state index >= 15 is 0 Å². The predicted octanol–water partition coefficient (Wildman–Crippen LogP) is 0.857. The summed E-state index contributed by atoms with van der Waals surface area (Å²) >= 11 is 0. The molecule has 3 rings (SSSR count). The summed E-state index contributed by atoms with van der Waals surface area (Å²) in [5.74, 6) is -0.913. The molecule has 2 aromatic rings. The summed E-state index contributed by atoms with van der Waals surface area (Å²) in [6, 6.07) is 5.95. The fourth-order valence-electron chi connectivity index (χ4n) is 2.36. The van der Waals surface area contributed by atoms with Gasteiger partial charge in [-0.1, -0.05) is 0 Å². The molecular weight excluding hydrogens is 322 g/mol. The lowest BCUT2D eigenvalue weighted by Crippen LogP contribution is -2.28. The lowest BCUT2D eigenvalue weighted by molar-refractivity contribution is -0.143. The number of ether oxygens (including phenoxy) is 1. The Labute approximate surface area is 132 Å². The monoisotopic (exact) mass is 337 g/mol. The van der Waals surface area contributed by atoms with Crippen molar-refractivity contribution in [2.75, 3.05) is 11.3 Å². The number of aryl methyl sites for hydroxylation is 1. The van der Waals surface area contributed by atoms with Gasteiger partial charge in [-0.2, -0.15) is 5.10 Å². The van der Waals surface area contributed by atoms with Crippen molar-refractivity contribution in [3.63, 3.8) is 0 Å². The molecule has 1 aromatic carbocycles. The molecular formula is C14H15N3O5S. The van der Waals surface area contributed by atoms with E-state index < -0.39 is 21.9 Å². The van der Waals surface area contributed by atoms with Crippen LogP contribution in [0.4, 0.5) is 5.82 Å². The van der Waals surface area contributed by atoms with Crippen LogP contribution in [0.15, 0.2) is 35.4 Å². The fraction of sp³-hybridized carbons (Fsp3) is 0.286. The standard InChI is InChI=1S/C14H15N3O5S/c1-17-5-4-13(15-17)16-23(20,21)11-2-3-12-9(7-11)6-10(8-22-12)14(18)19/h2-5,7,10H,6,8H2,1H3,(H,15,16)(H,18,19). The average molecular weight is 337 g/mol. The lowest BCUT2D eigenvalue weighted by atomic mass is 9.97. The number of aliphatic carboxylic acids is 1. The van der Waals surface area contributed by atoms with Crippen LogP contribution in [0.1, 0.15) is 5.56 Å². The van der Waals surface area contributed by atoms with E-state index in [1.54, 1.807) is 25.4 Å². The van der Waals surface area contributed by atoms with Gasteiger partial charge in [0.25, 0.3) is 10.0 Å². The van der Waals surface area contributed by atoms with E-state index in [1.807, 2.05) is 0 Å². The number of rotatable bonds is 4. The summed E-state index contributed by atoms with van der Waals surface area (Å²) in [6.45, 7) is 0.0839. The van der Waals surface area contributed by atoms with E-state index in [9.17, 15) is 13.2 Å². The quantitative estimate of drug-likeness (QED) is 0.856. The summed E-state index contributed by atoms with van der Waals surface area (Å²) in [6.07, 6.45) is 1.85. The number of anilines is 1. The van der Waals surface area contributed by atoms with E-state index in [2.05, 4.69) is 9.82 Å². The molecule has 0 amide bonds. The Kier molecular flexibility index (Phi) is 3.72. The molecule has 0 spiro atoms. The highest BCUT2D eigenvalue weighted by atomic mass is 32.2. The van der Waals surface area contributed by atoms with Crippen molar-refractivity contribution >= 4 is 21.8 Å². The number of aromatic nitrogens is 2. The topological polar surface area (TPSA) is 111 Å². The molecule has 23 heavy (non-hydrogen) atoms. The zero-order chi connectivity index (χ0) is 16.6. The van der Waals surface area contributed by atoms with Gasteiger partial charge < -0.3 is 9.84 Å². The normalized spacial score (nSPS) is 17.2. The van der Waals surface area contributed by atoms with Gasteiger partial charge >= 0.3 is 5.97 Å². The first-order chi connectivity index (χ1) is 10.8. The highest BCUT2D eigenvalue weighted by molar-refractivity contribution is 7.92. The lowest BCUT2D eigenvalue weighted by Gasteiger charge is -2.23. The number of nitrogens with one attached hydrogen (secondary N) is 1. The first kappa shape index (κ1) is 15.3. The number of carboxylic acids is 1. The number of carbonyl (C=O) groups is 1. The molecule has 1 atom stereocenters. The van der Waals surface area contributed by atoms with E-state index in [0.717, 1.165) is 0 Å². The zero-order valence-electron chi connectivity index (χ0n) is 12.3. The SMILES string of the molecule is Cn1ccc(NS(=O)(=O)c2ccc3c(c2)CC(C(=O)O)CO3)n1. The van der Waals surface area contributed by atoms with E-state index in [-0.39, 0.29) is 23.7 Å². The molecule has 0 saturated carbocycles. The van der Waals surface area contributed by atoms with Crippen molar-refractivity contribution in [2.24, 2.45) is 13.0 Å². The first-order valence-electron chi connectivity index (χ1n) is 6.86. The third-order valence-electron chi connectivity index (χ3n) is 3.55. The molecule has 0 radical (unpaired) electrons. The number of carboxylic acid groups (broad SMARTS) is 1. The molecule has 1 aromatic heterocycles. The maximum atomic E-state index is 12.4. The average Bonchev–Trinajstić information content (AvgIpc) is 2.90. The van der Waals surface area contributed by atoms with Gasteiger partial charge in [0, 0.05) is 19.3 Å². The molecule has 1 unspecified atom stereocenters. The molecule has 9 heteroatoms. The van der Waals surface area contributed by atoms with Crippen LogP contribution in [0, 0.1) is 5.92 Å². The number of fused-ring (bicyclic) bond motifs is 1. The second kappa shape index (κ2) is 5.58. The molecule has 1 aliphatic rings. The fourth-order valence-corrected chi connectivity index (χ4v) is 3.41. The second-order valence-electron chi connectivity index (χ2n) is 5.30. The van der Waals surface area contributed by atoms with Crippen LogP contribution in [-0.2, 0) is 28.3 Å². The third-order valence-corrected chi connectivity index (χ3v) is 4.90. The van der Waals surface area contributed by atoms with Gasteiger partial charge in [-0.3, -0.25) is 14.2 Å². The van der Waals surface area contributed by atoms with Gasteiger partial charge in [-0.25, -0.2) is 8.42 Å². The van der Waals surface area contributed by atoms with Gasteiger partial charge in [0.05, 0.1) is 10.8 Å². The zero-order valence-corrected chi connectivity index (χ0v) is 13.1. The van der Waals surface area contributed by atoms with Gasteiger partial charge in [0.1, 0.15) is 12.4 Å². The summed E-state index contributed by atoms with van der Waals surface area (Å²) < 4.78 is 34.0. The molecule has 0 aliphatic carbocycles. The van der Waals surface area contributed by atoms with Crippen LogP contribution in [0.25, 0.3) is 0 Å². The summed E-state index contributed by atoms with van der Waals surface area (Å²) in [7, 11) is -2.12. The molecule has 2 N–H and O–H groups in total. The minimum atomic E-state index is -3.80. The predicted molar refractivity (Wildman–Crippen MR) is 80.8 cm³/mol. The molecule has 1 aliphatic heterocycles. The first-order valence-corrected chi connectivity index (χ1v) is 8.34. The van der Waals surface area contributed by atoms with Crippen LogP contribution in [0.3, 0.4) is 0 Å². The summed E-state index contributed by atoms with van der Waals surface area (Å²) in [5, 5.41) is 13.0. The number of hydrogen-bond acceptors (Lipinski definition) is 5. The van der Waals surface area contributed by atoms with Crippen molar-refractivity contribution < 1.29 is 23.1 Å². The van der Waals surface area contributed by atoms with E-state index in [0.29, 0.717) is 11.3 Å². The van der Waals surface area contributed by atoms with Crippen LogP contribution in [0.2, 0.25) is 0 Å². The highest BCUT2D eigenvalue weighted by Crippen LogP contribution is 2.30. The molecule has 0 fully saturated rings. The molecule has 8 nitrogen and oxygen atoms in total. The Morgan fingerprint density at radius 1 is 1.43 bits per heavy atom. The van der Waals surface area contributed by atoms with Crippen LogP contribution in [-0.4, -0.2) is 35.9 Å². The van der Waals surface area contributed by atoms with Crippen molar-refractivity contribution in [3.8, 4) is 5.75 Å².